The highest BCUT2D eigenvalue weighted by atomic mass is 16.5. The second-order valence-corrected chi connectivity index (χ2v) is 4.84. The van der Waals surface area contributed by atoms with Gasteiger partial charge in [-0.1, -0.05) is 0 Å². The Morgan fingerprint density at radius 2 is 2.20 bits per heavy atom. The lowest BCUT2D eigenvalue weighted by molar-refractivity contribution is 0.0382. The highest BCUT2D eigenvalue weighted by Crippen LogP contribution is 2.09. The van der Waals surface area contributed by atoms with E-state index in [0.717, 1.165) is 45.1 Å². The molecule has 2 aromatic heterocycles. The van der Waals surface area contributed by atoms with Gasteiger partial charge >= 0.3 is 0 Å². The summed E-state index contributed by atoms with van der Waals surface area (Å²) in [5.74, 6) is 0.799. The summed E-state index contributed by atoms with van der Waals surface area (Å²) in [7, 11) is 0. The average Bonchev–Trinajstić information content (AvgIpc) is 2.88. The van der Waals surface area contributed by atoms with Crippen molar-refractivity contribution in [1.82, 2.24) is 19.5 Å². The minimum absolute atomic E-state index is 0.0164. The van der Waals surface area contributed by atoms with Gasteiger partial charge in [-0.05, 0) is 12.1 Å². The molecular formula is C13H18N6O. The molecule has 20 heavy (non-hydrogen) atoms. The maximum absolute atomic E-state index is 7.56. The second kappa shape index (κ2) is 5.56. The van der Waals surface area contributed by atoms with Crippen LogP contribution in [0.5, 0.6) is 0 Å². The minimum Gasteiger partial charge on any atom is -0.384 e. The Hall–Kier alpha value is -1.99. The van der Waals surface area contributed by atoms with Crippen molar-refractivity contribution in [3.8, 4) is 0 Å². The quantitative estimate of drug-likeness (QED) is 0.599. The normalized spacial score (nSPS) is 16.6. The number of hydrogen-bond acceptors (Lipinski definition) is 5. The molecule has 3 rings (SSSR count). The van der Waals surface area contributed by atoms with Crippen molar-refractivity contribution in [2.24, 2.45) is 5.73 Å². The van der Waals surface area contributed by atoms with Crippen molar-refractivity contribution in [2.45, 2.75) is 6.42 Å². The van der Waals surface area contributed by atoms with Crippen molar-refractivity contribution >= 4 is 11.5 Å². The fourth-order valence-corrected chi connectivity index (χ4v) is 2.35. The van der Waals surface area contributed by atoms with Gasteiger partial charge in [-0.15, -0.1) is 0 Å². The summed E-state index contributed by atoms with van der Waals surface area (Å²) >= 11 is 0. The first-order valence-electron chi connectivity index (χ1n) is 6.73. The van der Waals surface area contributed by atoms with Crippen LogP contribution in [0.15, 0.2) is 18.3 Å². The molecule has 3 N–H and O–H groups in total. The van der Waals surface area contributed by atoms with Crippen LogP contribution in [0.2, 0.25) is 0 Å². The third-order valence-corrected chi connectivity index (χ3v) is 3.45. The highest BCUT2D eigenvalue weighted by Gasteiger charge is 2.13. The van der Waals surface area contributed by atoms with E-state index in [-0.39, 0.29) is 5.84 Å². The average molecular weight is 274 g/mol. The molecular weight excluding hydrogens is 256 g/mol. The number of aromatic nitrogens is 3. The molecule has 0 radical (unpaired) electrons. The summed E-state index contributed by atoms with van der Waals surface area (Å²) in [4.78, 5) is 6.84. The van der Waals surface area contributed by atoms with Crippen LogP contribution < -0.4 is 5.73 Å². The molecule has 1 fully saturated rings. The maximum atomic E-state index is 7.56. The number of fused-ring (bicyclic) bond motifs is 1. The van der Waals surface area contributed by atoms with Crippen LogP contribution in [0, 0.1) is 5.41 Å². The first-order chi connectivity index (χ1) is 9.74. The predicted octanol–water partition coefficient (Wildman–Crippen LogP) is -0.112. The number of ether oxygens (including phenoxy) is 1. The monoisotopic (exact) mass is 274 g/mol. The fraction of sp³-hybridized carbons (Fsp3) is 0.462. The Kier molecular flexibility index (Phi) is 3.62. The molecule has 0 bridgehead atoms. The lowest BCUT2D eigenvalue weighted by Crippen LogP contribution is -2.37. The molecule has 2 aromatic rings. The standard InChI is InChI=1S/C13H18N6O/c14-12(15)10-2-1-4-19-13(10)16-11(17-19)3-5-18-6-8-20-9-7-18/h1-2,4H,3,5-9H2,(H3,14,15). The van der Waals surface area contributed by atoms with Gasteiger partial charge in [0.05, 0.1) is 18.8 Å². The SMILES string of the molecule is N=C(N)c1cccn2nc(CCN3CCOCC3)nc12. The molecule has 7 nitrogen and oxygen atoms in total. The van der Waals surface area contributed by atoms with E-state index >= 15 is 0 Å². The Bertz CT molecular complexity index is 616. The van der Waals surface area contributed by atoms with Gasteiger partial charge in [-0.3, -0.25) is 10.3 Å². The van der Waals surface area contributed by atoms with Crippen molar-refractivity contribution in [2.75, 3.05) is 32.8 Å². The number of nitrogen functional groups attached to an aromatic ring is 1. The number of morpholine rings is 1. The summed E-state index contributed by atoms with van der Waals surface area (Å²) in [5.41, 5.74) is 6.83. The van der Waals surface area contributed by atoms with E-state index in [1.54, 1.807) is 10.6 Å². The molecule has 0 aromatic carbocycles. The smallest absolute Gasteiger partial charge is 0.166 e. The Morgan fingerprint density at radius 1 is 1.40 bits per heavy atom. The van der Waals surface area contributed by atoms with Crippen LogP contribution in [-0.4, -0.2) is 58.2 Å². The van der Waals surface area contributed by atoms with E-state index in [4.69, 9.17) is 15.9 Å². The summed E-state index contributed by atoms with van der Waals surface area (Å²) in [6.45, 7) is 4.45. The van der Waals surface area contributed by atoms with Crippen molar-refractivity contribution < 1.29 is 4.74 Å². The Labute approximate surface area is 116 Å². The second-order valence-electron chi connectivity index (χ2n) is 4.84. The van der Waals surface area contributed by atoms with E-state index < -0.39 is 0 Å². The summed E-state index contributed by atoms with van der Waals surface area (Å²) < 4.78 is 7.01. The number of nitrogens with two attached hydrogens (primary N) is 1. The van der Waals surface area contributed by atoms with Gasteiger partial charge in [0.2, 0.25) is 0 Å². The number of pyridine rings is 1. The fourth-order valence-electron chi connectivity index (χ4n) is 2.35. The van der Waals surface area contributed by atoms with Crippen LogP contribution in [0.4, 0.5) is 0 Å². The summed E-state index contributed by atoms with van der Waals surface area (Å²) in [5, 5.41) is 12.0. The van der Waals surface area contributed by atoms with Gasteiger partial charge < -0.3 is 10.5 Å². The Morgan fingerprint density at radius 3 is 2.95 bits per heavy atom. The van der Waals surface area contributed by atoms with Gasteiger partial charge in [0.1, 0.15) is 5.84 Å². The number of hydrogen-bond donors (Lipinski definition) is 2. The number of rotatable bonds is 4. The predicted molar refractivity (Wildman–Crippen MR) is 75.0 cm³/mol. The van der Waals surface area contributed by atoms with Crippen molar-refractivity contribution in [3.05, 3.63) is 29.7 Å². The van der Waals surface area contributed by atoms with Crippen molar-refractivity contribution in [1.29, 1.82) is 5.41 Å². The number of nitrogens with one attached hydrogen (secondary N) is 1. The van der Waals surface area contributed by atoms with Gasteiger partial charge in [0.25, 0.3) is 0 Å². The molecule has 1 aliphatic heterocycles. The van der Waals surface area contributed by atoms with Crippen molar-refractivity contribution in [3.63, 3.8) is 0 Å². The van der Waals surface area contributed by atoms with Crippen LogP contribution in [-0.2, 0) is 11.2 Å². The zero-order valence-corrected chi connectivity index (χ0v) is 11.2. The first kappa shape index (κ1) is 13.0. The number of nitrogens with zero attached hydrogens (tertiary/aromatic N) is 4. The molecule has 0 spiro atoms. The molecule has 0 atom stereocenters. The summed E-state index contributed by atoms with van der Waals surface area (Å²) in [6, 6.07) is 3.61. The van der Waals surface area contributed by atoms with Gasteiger partial charge in [0, 0.05) is 32.3 Å². The largest absolute Gasteiger partial charge is 0.384 e. The lowest BCUT2D eigenvalue weighted by Gasteiger charge is -2.25. The zero-order chi connectivity index (χ0) is 13.9. The maximum Gasteiger partial charge on any atom is 0.166 e. The van der Waals surface area contributed by atoms with Gasteiger partial charge in [-0.25, -0.2) is 9.50 Å². The molecule has 1 saturated heterocycles. The van der Waals surface area contributed by atoms with Crippen LogP contribution in [0.25, 0.3) is 5.65 Å². The molecule has 7 heteroatoms. The molecule has 0 amide bonds. The minimum atomic E-state index is 0.0164. The third kappa shape index (κ3) is 2.63. The van der Waals surface area contributed by atoms with E-state index in [2.05, 4.69) is 15.0 Å². The zero-order valence-electron chi connectivity index (χ0n) is 11.2. The topological polar surface area (TPSA) is 92.5 Å². The van der Waals surface area contributed by atoms with Crippen LogP contribution >= 0.6 is 0 Å². The molecule has 0 saturated carbocycles. The third-order valence-electron chi connectivity index (χ3n) is 3.45. The molecule has 1 aliphatic rings. The number of amidine groups is 1. The van der Waals surface area contributed by atoms with E-state index in [9.17, 15) is 0 Å². The van der Waals surface area contributed by atoms with E-state index in [1.807, 2.05) is 12.3 Å². The lowest BCUT2D eigenvalue weighted by atomic mass is 10.2. The molecule has 0 unspecified atom stereocenters. The van der Waals surface area contributed by atoms with E-state index in [0.29, 0.717) is 11.2 Å². The summed E-state index contributed by atoms with van der Waals surface area (Å²) in [6.07, 6.45) is 2.62. The Balaban J connectivity index is 1.75. The van der Waals surface area contributed by atoms with E-state index in [1.165, 1.54) is 0 Å². The molecule has 3 heterocycles. The van der Waals surface area contributed by atoms with Crippen LogP contribution in [0.3, 0.4) is 0 Å². The molecule has 0 aliphatic carbocycles. The molecule has 106 valence electrons. The van der Waals surface area contributed by atoms with Gasteiger partial charge in [0.15, 0.2) is 11.5 Å². The highest BCUT2D eigenvalue weighted by molar-refractivity contribution is 6.00. The first-order valence-corrected chi connectivity index (χ1v) is 6.73. The van der Waals surface area contributed by atoms with Crippen LogP contribution in [0.1, 0.15) is 11.4 Å². The van der Waals surface area contributed by atoms with Gasteiger partial charge in [-0.2, -0.15) is 5.10 Å².